The highest BCUT2D eigenvalue weighted by atomic mass is 16.5. The summed E-state index contributed by atoms with van der Waals surface area (Å²) >= 11 is 0. The first-order valence-electron chi connectivity index (χ1n) is 7.03. The minimum Gasteiger partial charge on any atom is -0.373 e. The first-order chi connectivity index (χ1) is 7.68. The fourth-order valence-electron chi connectivity index (χ4n) is 2.40. The normalized spacial score (nSPS) is 20.2. The maximum absolute atomic E-state index is 6.22. The van der Waals surface area contributed by atoms with Crippen molar-refractivity contribution in [2.24, 2.45) is 5.92 Å². The summed E-state index contributed by atoms with van der Waals surface area (Å²) in [7, 11) is 0. The molecule has 1 aliphatic carbocycles. The van der Waals surface area contributed by atoms with Crippen molar-refractivity contribution in [3.8, 4) is 0 Å². The van der Waals surface area contributed by atoms with Gasteiger partial charge in [-0.05, 0) is 31.7 Å². The van der Waals surface area contributed by atoms with Gasteiger partial charge in [-0.1, -0.05) is 40.0 Å². The number of nitrogens with one attached hydrogen (secondary N) is 1. The van der Waals surface area contributed by atoms with Crippen molar-refractivity contribution in [2.75, 3.05) is 19.7 Å². The summed E-state index contributed by atoms with van der Waals surface area (Å²) in [6.07, 6.45) is 7.77. The summed E-state index contributed by atoms with van der Waals surface area (Å²) in [6.45, 7) is 9.76. The lowest BCUT2D eigenvalue weighted by molar-refractivity contribution is -0.0780. The van der Waals surface area contributed by atoms with Crippen LogP contribution in [-0.4, -0.2) is 25.3 Å². The summed E-state index contributed by atoms with van der Waals surface area (Å²) in [6, 6.07) is 0. The van der Waals surface area contributed by atoms with E-state index >= 15 is 0 Å². The molecule has 0 radical (unpaired) electrons. The molecular formula is C14H29NO. The second kappa shape index (κ2) is 7.29. The van der Waals surface area contributed by atoms with Crippen LogP contribution in [0.15, 0.2) is 0 Å². The van der Waals surface area contributed by atoms with E-state index in [1.54, 1.807) is 0 Å². The molecule has 2 nitrogen and oxygen atoms in total. The van der Waals surface area contributed by atoms with Crippen molar-refractivity contribution in [3.05, 3.63) is 0 Å². The quantitative estimate of drug-likeness (QED) is 0.673. The Morgan fingerprint density at radius 3 is 2.44 bits per heavy atom. The molecule has 0 bridgehead atoms. The second-order valence-electron chi connectivity index (χ2n) is 5.63. The Labute approximate surface area is 101 Å². The molecule has 1 rings (SSSR count). The van der Waals surface area contributed by atoms with Crippen LogP contribution < -0.4 is 5.32 Å². The van der Waals surface area contributed by atoms with Crippen LogP contribution >= 0.6 is 0 Å². The van der Waals surface area contributed by atoms with E-state index in [-0.39, 0.29) is 5.60 Å². The van der Waals surface area contributed by atoms with Crippen molar-refractivity contribution in [1.29, 1.82) is 0 Å². The molecule has 0 aromatic heterocycles. The van der Waals surface area contributed by atoms with Crippen LogP contribution in [0.2, 0.25) is 0 Å². The standard InChI is InChI=1S/C14H29NO/c1-4-10-15-12-14(16-11-13(2)3)8-6-5-7-9-14/h13,15H,4-12H2,1-3H3. The van der Waals surface area contributed by atoms with E-state index in [1.165, 1.54) is 38.5 Å². The van der Waals surface area contributed by atoms with Crippen molar-refractivity contribution in [3.63, 3.8) is 0 Å². The van der Waals surface area contributed by atoms with Gasteiger partial charge in [-0.25, -0.2) is 0 Å². The van der Waals surface area contributed by atoms with Gasteiger partial charge in [0.15, 0.2) is 0 Å². The van der Waals surface area contributed by atoms with Gasteiger partial charge in [0.1, 0.15) is 0 Å². The Hall–Kier alpha value is -0.0800. The summed E-state index contributed by atoms with van der Waals surface area (Å²) < 4.78 is 6.22. The van der Waals surface area contributed by atoms with E-state index in [4.69, 9.17) is 4.74 Å². The highest BCUT2D eigenvalue weighted by Crippen LogP contribution is 2.31. The van der Waals surface area contributed by atoms with Crippen LogP contribution in [0.5, 0.6) is 0 Å². The molecule has 0 aromatic carbocycles. The van der Waals surface area contributed by atoms with Crippen molar-refractivity contribution in [1.82, 2.24) is 5.32 Å². The predicted molar refractivity (Wildman–Crippen MR) is 69.8 cm³/mol. The van der Waals surface area contributed by atoms with Gasteiger partial charge in [-0.2, -0.15) is 0 Å². The largest absolute Gasteiger partial charge is 0.373 e. The molecule has 0 amide bonds. The van der Waals surface area contributed by atoms with Crippen molar-refractivity contribution >= 4 is 0 Å². The fraction of sp³-hybridized carbons (Fsp3) is 1.00. The molecule has 0 saturated heterocycles. The smallest absolute Gasteiger partial charge is 0.0806 e. The molecule has 96 valence electrons. The third-order valence-corrected chi connectivity index (χ3v) is 3.36. The molecule has 0 heterocycles. The van der Waals surface area contributed by atoms with Gasteiger partial charge in [0.2, 0.25) is 0 Å². The molecule has 0 aliphatic heterocycles. The zero-order valence-electron chi connectivity index (χ0n) is 11.3. The summed E-state index contributed by atoms with van der Waals surface area (Å²) in [5.41, 5.74) is 0.150. The molecule has 1 aliphatic rings. The third kappa shape index (κ3) is 4.84. The van der Waals surface area contributed by atoms with Crippen molar-refractivity contribution in [2.45, 2.75) is 64.9 Å². The minimum atomic E-state index is 0.150. The molecule has 0 spiro atoms. The van der Waals surface area contributed by atoms with Gasteiger partial charge in [0.05, 0.1) is 5.60 Å². The van der Waals surface area contributed by atoms with Gasteiger partial charge in [-0.15, -0.1) is 0 Å². The Morgan fingerprint density at radius 2 is 1.88 bits per heavy atom. The van der Waals surface area contributed by atoms with E-state index in [1.807, 2.05) is 0 Å². The first kappa shape index (κ1) is 14.0. The highest BCUT2D eigenvalue weighted by Gasteiger charge is 2.32. The third-order valence-electron chi connectivity index (χ3n) is 3.36. The molecule has 1 fully saturated rings. The van der Waals surface area contributed by atoms with Gasteiger partial charge in [0.25, 0.3) is 0 Å². The zero-order chi connectivity index (χ0) is 11.9. The van der Waals surface area contributed by atoms with E-state index in [2.05, 4.69) is 26.1 Å². The summed E-state index contributed by atoms with van der Waals surface area (Å²) in [4.78, 5) is 0. The molecule has 0 aromatic rings. The van der Waals surface area contributed by atoms with Gasteiger partial charge < -0.3 is 10.1 Å². The number of hydrogen-bond acceptors (Lipinski definition) is 2. The topological polar surface area (TPSA) is 21.3 Å². The van der Waals surface area contributed by atoms with Crippen LogP contribution in [0, 0.1) is 5.92 Å². The lowest BCUT2D eigenvalue weighted by atomic mass is 9.84. The molecule has 0 unspecified atom stereocenters. The maximum atomic E-state index is 6.22. The first-order valence-corrected chi connectivity index (χ1v) is 7.03. The summed E-state index contributed by atoms with van der Waals surface area (Å²) in [5.74, 6) is 0.643. The van der Waals surface area contributed by atoms with Gasteiger partial charge in [-0.3, -0.25) is 0 Å². The molecule has 2 heteroatoms. The van der Waals surface area contributed by atoms with Crippen LogP contribution in [0.4, 0.5) is 0 Å². The molecule has 0 atom stereocenters. The minimum absolute atomic E-state index is 0.150. The average molecular weight is 227 g/mol. The fourth-order valence-corrected chi connectivity index (χ4v) is 2.40. The SMILES string of the molecule is CCCNCC1(OCC(C)C)CCCCC1. The van der Waals surface area contributed by atoms with Gasteiger partial charge in [0, 0.05) is 13.2 Å². The Kier molecular flexibility index (Phi) is 6.37. The second-order valence-corrected chi connectivity index (χ2v) is 5.63. The van der Waals surface area contributed by atoms with Crippen LogP contribution in [0.3, 0.4) is 0 Å². The Balaban J connectivity index is 2.39. The van der Waals surface area contributed by atoms with E-state index in [9.17, 15) is 0 Å². The molecule has 16 heavy (non-hydrogen) atoms. The van der Waals surface area contributed by atoms with E-state index < -0.39 is 0 Å². The molecule has 1 N–H and O–H groups in total. The lowest BCUT2D eigenvalue weighted by Gasteiger charge is -2.38. The average Bonchev–Trinajstić information content (AvgIpc) is 2.28. The number of ether oxygens (including phenoxy) is 1. The lowest BCUT2D eigenvalue weighted by Crippen LogP contribution is -2.45. The monoisotopic (exact) mass is 227 g/mol. The molecular weight excluding hydrogens is 198 g/mol. The van der Waals surface area contributed by atoms with Gasteiger partial charge >= 0.3 is 0 Å². The maximum Gasteiger partial charge on any atom is 0.0806 e. The summed E-state index contributed by atoms with van der Waals surface area (Å²) in [5, 5.41) is 3.54. The number of hydrogen-bond donors (Lipinski definition) is 1. The van der Waals surface area contributed by atoms with Crippen LogP contribution in [-0.2, 0) is 4.74 Å². The van der Waals surface area contributed by atoms with Crippen LogP contribution in [0.1, 0.15) is 59.3 Å². The predicted octanol–water partition coefficient (Wildman–Crippen LogP) is 3.36. The van der Waals surface area contributed by atoms with E-state index in [0.29, 0.717) is 5.92 Å². The van der Waals surface area contributed by atoms with Crippen molar-refractivity contribution < 1.29 is 4.74 Å². The zero-order valence-corrected chi connectivity index (χ0v) is 11.3. The highest BCUT2D eigenvalue weighted by molar-refractivity contribution is 4.86. The van der Waals surface area contributed by atoms with E-state index in [0.717, 1.165) is 19.7 Å². The molecule has 1 saturated carbocycles. The Bertz CT molecular complexity index is 174. The number of rotatable bonds is 7. The van der Waals surface area contributed by atoms with Crippen LogP contribution in [0.25, 0.3) is 0 Å². The Morgan fingerprint density at radius 1 is 1.19 bits per heavy atom.